The predicted molar refractivity (Wildman–Crippen MR) is 77.8 cm³/mol. The van der Waals surface area contributed by atoms with E-state index in [1.165, 1.54) is 42.5 Å². The molecule has 1 N–H and O–H groups in total. The normalized spacial score (nSPS) is 20.2. The fourth-order valence-electron chi connectivity index (χ4n) is 2.35. The van der Waals surface area contributed by atoms with Gasteiger partial charge in [0.05, 0.1) is 0 Å². The van der Waals surface area contributed by atoms with Crippen LogP contribution in [0.2, 0.25) is 0 Å². The Morgan fingerprint density at radius 3 is 2.47 bits per heavy atom. The number of hydrogen-bond donors (Lipinski definition) is 1. The third-order valence-corrected chi connectivity index (χ3v) is 3.39. The molecule has 0 aromatic heterocycles. The minimum absolute atomic E-state index is 0. The number of benzene rings is 1. The highest BCUT2D eigenvalue weighted by molar-refractivity contribution is 5.85. The molecule has 0 aliphatic carbocycles. The molecule has 94 valence electrons. The lowest BCUT2D eigenvalue weighted by Crippen LogP contribution is -2.32. The van der Waals surface area contributed by atoms with Gasteiger partial charge < -0.3 is 5.32 Å². The first-order valence-electron chi connectivity index (χ1n) is 6.25. The number of hydrogen-bond acceptors (Lipinski definition) is 1. The maximum absolute atomic E-state index is 3.54. The molecule has 1 heterocycles. The van der Waals surface area contributed by atoms with E-state index in [1.807, 2.05) is 0 Å². The zero-order valence-electron chi connectivity index (χ0n) is 10.7. The van der Waals surface area contributed by atoms with E-state index in [2.05, 4.69) is 49.5 Å². The monoisotopic (exact) mass is 251 g/mol. The summed E-state index contributed by atoms with van der Waals surface area (Å²) in [6, 6.07) is 7.07. The van der Waals surface area contributed by atoms with Gasteiger partial charge in [-0.05, 0) is 49.9 Å². The van der Waals surface area contributed by atoms with Crippen molar-refractivity contribution in [2.45, 2.75) is 39.2 Å². The van der Waals surface area contributed by atoms with E-state index in [0.717, 1.165) is 0 Å². The fraction of sp³-hybridized carbons (Fsp3) is 0.467. The van der Waals surface area contributed by atoms with Crippen LogP contribution in [-0.4, -0.2) is 12.6 Å². The van der Waals surface area contributed by atoms with E-state index in [0.29, 0.717) is 6.04 Å². The fourth-order valence-corrected chi connectivity index (χ4v) is 2.35. The number of halogens is 1. The molecule has 1 fully saturated rings. The van der Waals surface area contributed by atoms with Crippen molar-refractivity contribution in [3.8, 4) is 0 Å². The van der Waals surface area contributed by atoms with Crippen molar-refractivity contribution in [2.75, 3.05) is 6.54 Å². The summed E-state index contributed by atoms with van der Waals surface area (Å²) in [7, 11) is 0. The summed E-state index contributed by atoms with van der Waals surface area (Å²) in [5, 5.41) is 3.54. The Labute approximate surface area is 111 Å². The molecule has 2 rings (SSSR count). The molecule has 1 saturated heterocycles. The third-order valence-electron chi connectivity index (χ3n) is 3.39. The van der Waals surface area contributed by atoms with Crippen LogP contribution in [0.5, 0.6) is 0 Å². The van der Waals surface area contributed by atoms with Crippen molar-refractivity contribution < 1.29 is 0 Å². The second kappa shape index (κ2) is 6.83. The van der Waals surface area contributed by atoms with E-state index < -0.39 is 0 Å². The molecule has 1 nitrogen and oxygen atoms in total. The van der Waals surface area contributed by atoms with Crippen LogP contribution in [0.4, 0.5) is 0 Å². The standard InChI is InChI=1S/C15H21N.ClH/c1-12-6-5-7-13(2)15(12)10-9-14-8-3-4-11-16-14;/h5-7,9-10,14,16H,3-4,8,11H2,1-2H3;1H/b10-9+;. The van der Waals surface area contributed by atoms with Crippen LogP contribution < -0.4 is 5.32 Å². The van der Waals surface area contributed by atoms with Crippen LogP contribution in [0, 0.1) is 13.8 Å². The molecule has 1 atom stereocenters. The first-order chi connectivity index (χ1) is 7.77. The molecule has 0 radical (unpaired) electrons. The summed E-state index contributed by atoms with van der Waals surface area (Å²) in [6.45, 7) is 5.53. The highest BCUT2D eigenvalue weighted by Gasteiger charge is 2.08. The van der Waals surface area contributed by atoms with Gasteiger partial charge in [0.15, 0.2) is 0 Å². The molecular formula is C15H22ClN. The summed E-state index contributed by atoms with van der Waals surface area (Å²) in [5.41, 5.74) is 4.12. The lowest BCUT2D eigenvalue weighted by molar-refractivity contribution is 0.455. The Balaban J connectivity index is 0.00000144. The Morgan fingerprint density at radius 2 is 1.88 bits per heavy atom. The summed E-state index contributed by atoms with van der Waals surface area (Å²) in [6.07, 6.45) is 8.58. The highest BCUT2D eigenvalue weighted by Crippen LogP contribution is 2.16. The zero-order valence-corrected chi connectivity index (χ0v) is 11.5. The Bertz CT molecular complexity index is 358. The van der Waals surface area contributed by atoms with Crippen LogP contribution in [0.15, 0.2) is 24.3 Å². The van der Waals surface area contributed by atoms with Crippen molar-refractivity contribution >= 4 is 18.5 Å². The van der Waals surface area contributed by atoms with Crippen LogP contribution in [0.1, 0.15) is 36.0 Å². The van der Waals surface area contributed by atoms with Gasteiger partial charge in [-0.15, -0.1) is 12.4 Å². The summed E-state index contributed by atoms with van der Waals surface area (Å²) in [4.78, 5) is 0. The second-order valence-electron chi connectivity index (χ2n) is 4.72. The summed E-state index contributed by atoms with van der Waals surface area (Å²) >= 11 is 0. The van der Waals surface area contributed by atoms with Gasteiger partial charge in [0.2, 0.25) is 0 Å². The van der Waals surface area contributed by atoms with Crippen LogP contribution >= 0.6 is 12.4 Å². The quantitative estimate of drug-likeness (QED) is 0.841. The molecule has 0 saturated carbocycles. The van der Waals surface area contributed by atoms with Crippen molar-refractivity contribution in [1.82, 2.24) is 5.32 Å². The minimum Gasteiger partial charge on any atom is -0.311 e. The van der Waals surface area contributed by atoms with E-state index >= 15 is 0 Å². The average Bonchev–Trinajstić information content (AvgIpc) is 2.30. The maximum atomic E-state index is 3.54. The molecule has 17 heavy (non-hydrogen) atoms. The Morgan fingerprint density at radius 1 is 1.18 bits per heavy atom. The van der Waals surface area contributed by atoms with Gasteiger partial charge in [0, 0.05) is 6.04 Å². The molecule has 1 unspecified atom stereocenters. The maximum Gasteiger partial charge on any atom is 0.0253 e. The molecule has 2 heteroatoms. The second-order valence-corrected chi connectivity index (χ2v) is 4.72. The van der Waals surface area contributed by atoms with Gasteiger partial charge in [-0.1, -0.05) is 36.8 Å². The number of aryl methyl sites for hydroxylation is 2. The molecule has 0 bridgehead atoms. The zero-order chi connectivity index (χ0) is 11.4. The van der Waals surface area contributed by atoms with E-state index in [4.69, 9.17) is 0 Å². The van der Waals surface area contributed by atoms with Crippen molar-refractivity contribution in [3.05, 3.63) is 41.0 Å². The van der Waals surface area contributed by atoms with E-state index in [1.54, 1.807) is 0 Å². The summed E-state index contributed by atoms with van der Waals surface area (Å²) in [5.74, 6) is 0. The molecular weight excluding hydrogens is 230 g/mol. The Hall–Kier alpha value is -0.790. The van der Waals surface area contributed by atoms with Crippen molar-refractivity contribution in [1.29, 1.82) is 0 Å². The van der Waals surface area contributed by atoms with Gasteiger partial charge in [-0.3, -0.25) is 0 Å². The van der Waals surface area contributed by atoms with Crippen LogP contribution in [0.25, 0.3) is 6.08 Å². The Kier molecular flexibility index (Phi) is 5.73. The van der Waals surface area contributed by atoms with Crippen LogP contribution in [-0.2, 0) is 0 Å². The third kappa shape index (κ3) is 3.86. The lowest BCUT2D eigenvalue weighted by Gasteiger charge is -2.20. The average molecular weight is 252 g/mol. The van der Waals surface area contributed by atoms with Gasteiger partial charge in [0.1, 0.15) is 0 Å². The highest BCUT2D eigenvalue weighted by atomic mass is 35.5. The topological polar surface area (TPSA) is 12.0 Å². The van der Waals surface area contributed by atoms with Gasteiger partial charge in [-0.2, -0.15) is 0 Å². The van der Waals surface area contributed by atoms with E-state index in [9.17, 15) is 0 Å². The molecule has 1 aliphatic heterocycles. The molecule has 0 amide bonds. The SMILES string of the molecule is Cc1cccc(C)c1/C=C/C1CCCCN1.Cl. The molecule has 0 spiro atoms. The predicted octanol–water partition coefficient (Wildman–Crippen LogP) is 3.88. The van der Waals surface area contributed by atoms with Gasteiger partial charge in [0.25, 0.3) is 0 Å². The van der Waals surface area contributed by atoms with Gasteiger partial charge in [-0.25, -0.2) is 0 Å². The van der Waals surface area contributed by atoms with Crippen molar-refractivity contribution in [3.63, 3.8) is 0 Å². The number of rotatable bonds is 2. The summed E-state index contributed by atoms with van der Waals surface area (Å²) < 4.78 is 0. The largest absolute Gasteiger partial charge is 0.311 e. The van der Waals surface area contributed by atoms with E-state index in [-0.39, 0.29) is 12.4 Å². The smallest absolute Gasteiger partial charge is 0.0253 e. The minimum atomic E-state index is 0. The number of nitrogens with one attached hydrogen (secondary N) is 1. The molecule has 1 aliphatic rings. The molecule has 1 aromatic rings. The lowest BCUT2D eigenvalue weighted by atomic mass is 9.99. The first kappa shape index (κ1) is 14.3. The van der Waals surface area contributed by atoms with Crippen molar-refractivity contribution in [2.24, 2.45) is 0 Å². The molecule has 1 aromatic carbocycles. The van der Waals surface area contributed by atoms with Crippen LogP contribution in [0.3, 0.4) is 0 Å². The first-order valence-corrected chi connectivity index (χ1v) is 6.25. The number of piperidine rings is 1. The van der Waals surface area contributed by atoms with Gasteiger partial charge >= 0.3 is 0 Å².